The molecule has 14 heavy (non-hydrogen) atoms. The van der Waals surface area contributed by atoms with Gasteiger partial charge in [0, 0.05) is 10.1 Å². The van der Waals surface area contributed by atoms with E-state index in [0.717, 1.165) is 10.3 Å². The standard InChI is InChI=1S/C10H8O3S/c11-4-6-1-2-9-7(3-6)8(5-12)10(13)14-9/h1-3,5,11,13H,4H2. The van der Waals surface area contributed by atoms with Crippen LogP contribution in [0.3, 0.4) is 0 Å². The summed E-state index contributed by atoms with van der Waals surface area (Å²) in [6.07, 6.45) is 0.634. The second-order valence-corrected chi connectivity index (χ2v) is 3.96. The van der Waals surface area contributed by atoms with Gasteiger partial charge in [-0.1, -0.05) is 17.4 Å². The van der Waals surface area contributed by atoms with Gasteiger partial charge in [-0.2, -0.15) is 0 Å². The highest BCUT2D eigenvalue weighted by Gasteiger charge is 2.10. The highest BCUT2D eigenvalue weighted by molar-refractivity contribution is 7.21. The first kappa shape index (κ1) is 9.18. The Kier molecular flexibility index (Phi) is 2.23. The molecule has 0 radical (unpaired) electrons. The summed E-state index contributed by atoms with van der Waals surface area (Å²) in [5.74, 6) is 0. The van der Waals surface area contributed by atoms with Crippen LogP contribution in [0.15, 0.2) is 18.2 Å². The van der Waals surface area contributed by atoms with Crippen molar-refractivity contribution in [3.05, 3.63) is 29.3 Å². The van der Waals surface area contributed by atoms with Crippen molar-refractivity contribution in [2.45, 2.75) is 6.61 Å². The number of aliphatic hydroxyl groups excluding tert-OH is 1. The Morgan fingerprint density at radius 3 is 2.86 bits per heavy atom. The van der Waals surface area contributed by atoms with Gasteiger partial charge >= 0.3 is 0 Å². The smallest absolute Gasteiger partial charge is 0.183 e. The zero-order chi connectivity index (χ0) is 10.1. The fraction of sp³-hybridized carbons (Fsp3) is 0.100. The summed E-state index contributed by atoms with van der Waals surface area (Å²) in [4.78, 5) is 10.7. The molecule has 0 atom stereocenters. The van der Waals surface area contributed by atoms with Crippen LogP contribution in [0, 0.1) is 0 Å². The zero-order valence-electron chi connectivity index (χ0n) is 7.23. The Labute approximate surface area is 84.2 Å². The Balaban J connectivity index is 2.77. The molecular weight excluding hydrogens is 200 g/mol. The van der Waals surface area contributed by atoms with Crippen molar-refractivity contribution in [1.82, 2.24) is 0 Å². The molecule has 0 saturated carbocycles. The lowest BCUT2D eigenvalue weighted by Crippen LogP contribution is -1.82. The fourth-order valence-corrected chi connectivity index (χ4v) is 2.25. The van der Waals surface area contributed by atoms with Crippen LogP contribution in [0.4, 0.5) is 0 Å². The van der Waals surface area contributed by atoms with E-state index in [2.05, 4.69) is 0 Å². The largest absolute Gasteiger partial charge is 0.499 e. The van der Waals surface area contributed by atoms with Gasteiger partial charge in [-0.25, -0.2) is 0 Å². The molecule has 0 saturated heterocycles. The predicted octanol–water partition coefficient (Wildman–Crippen LogP) is 1.91. The Morgan fingerprint density at radius 1 is 1.43 bits per heavy atom. The summed E-state index contributed by atoms with van der Waals surface area (Å²) in [5.41, 5.74) is 1.04. The molecule has 3 nitrogen and oxygen atoms in total. The molecule has 2 rings (SSSR count). The number of carbonyl (C=O) groups excluding carboxylic acids is 1. The summed E-state index contributed by atoms with van der Waals surface area (Å²) in [6.45, 7) is -0.0646. The highest BCUT2D eigenvalue weighted by Crippen LogP contribution is 2.35. The van der Waals surface area contributed by atoms with E-state index >= 15 is 0 Å². The molecule has 4 heteroatoms. The number of fused-ring (bicyclic) bond motifs is 1. The van der Waals surface area contributed by atoms with E-state index in [9.17, 15) is 9.90 Å². The lowest BCUT2D eigenvalue weighted by atomic mass is 10.1. The molecule has 2 aromatic rings. The molecular formula is C10H8O3S. The van der Waals surface area contributed by atoms with Crippen molar-refractivity contribution in [2.24, 2.45) is 0 Å². The Morgan fingerprint density at radius 2 is 2.21 bits per heavy atom. The number of aromatic hydroxyl groups is 1. The van der Waals surface area contributed by atoms with Crippen molar-refractivity contribution in [2.75, 3.05) is 0 Å². The number of aliphatic hydroxyl groups is 1. The molecule has 0 bridgehead atoms. The quantitative estimate of drug-likeness (QED) is 0.741. The van der Waals surface area contributed by atoms with Crippen molar-refractivity contribution in [3.63, 3.8) is 0 Å². The van der Waals surface area contributed by atoms with Crippen LogP contribution in [-0.4, -0.2) is 16.5 Å². The van der Waals surface area contributed by atoms with Gasteiger partial charge in [-0.15, -0.1) is 0 Å². The summed E-state index contributed by atoms with van der Waals surface area (Å²) in [7, 11) is 0. The monoisotopic (exact) mass is 208 g/mol. The van der Waals surface area contributed by atoms with Crippen LogP contribution in [-0.2, 0) is 6.61 Å². The van der Waals surface area contributed by atoms with Gasteiger partial charge < -0.3 is 10.2 Å². The minimum Gasteiger partial charge on any atom is -0.499 e. The van der Waals surface area contributed by atoms with E-state index in [4.69, 9.17) is 5.11 Å². The van der Waals surface area contributed by atoms with Gasteiger partial charge in [0.15, 0.2) is 11.3 Å². The van der Waals surface area contributed by atoms with Crippen molar-refractivity contribution in [1.29, 1.82) is 0 Å². The van der Waals surface area contributed by atoms with Gasteiger partial charge in [-0.3, -0.25) is 4.79 Å². The molecule has 0 amide bonds. The van der Waals surface area contributed by atoms with Crippen molar-refractivity contribution < 1.29 is 15.0 Å². The van der Waals surface area contributed by atoms with Gasteiger partial charge in [0.05, 0.1) is 12.2 Å². The third-order valence-electron chi connectivity index (χ3n) is 2.07. The average molecular weight is 208 g/mol. The SMILES string of the molecule is O=Cc1c(O)sc2ccc(CO)cc12. The van der Waals surface area contributed by atoms with Gasteiger partial charge in [0.1, 0.15) is 0 Å². The molecule has 0 aliphatic heterocycles. The minimum atomic E-state index is -0.0646. The van der Waals surface area contributed by atoms with E-state index in [1.807, 2.05) is 0 Å². The van der Waals surface area contributed by atoms with Crippen LogP contribution in [0.5, 0.6) is 5.06 Å². The summed E-state index contributed by atoms with van der Waals surface area (Å²) in [6, 6.07) is 5.28. The number of rotatable bonds is 2. The number of thiophene rings is 1. The van der Waals surface area contributed by atoms with Gasteiger partial charge in [-0.05, 0) is 17.7 Å². The highest BCUT2D eigenvalue weighted by atomic mass is 32.1. The van der Waals surface area contributed by atoms with Crippen molar-refractivity contribution >= 4 is 27.7 Å². The minimum absolute atomic E-state index is 0.0325. The third-order valence-corrected chi connectivity index (χ3v) is 3.06. The topological polar surface area (TPSA) is 57.5 Å². The van der Waals surface area contributed by atoms with Gasteiger partial charge in [0.25, 0.3) is 0 Å². The fourth-order valence-electron chi connectivity index (χ4n) is 1.36. The first-order valence-corrected chi connectivity index (χ1v) is 4.88. The Bertz CT molecular complexity index is 487. The van der Waals surface area contributed by atoms with E-state index in [1.165, 1.54) is 11.3 Å². The number of benzene rings is 1. The van der Waals surface area contributed by atoms with E-state index < -0.39 is 0 Å². The normalized spacial score (nSPS) is 10.6. The Hall–Kier alpha value is -1.39. The van der Waals surface area contributed by atoms with E-state index in [0.29, 0.717) is 17.2 Å². The number of hydrogen-bond acceptors (Lipinski definition) is 4. The summed E-state index contributed by atoms with van der Waals surface area (Å²) in [5, 5.41) is 19.1. The maximum Gasteiger partial charge on any atom is 0.183 e. The maximum atomic E-state index is 10.7. The van der Waals surface area contributed by atoms with E-state index in [1.54, 1.807) is 18.2 Å². The summed E-state index contributed by atoms with van der Waals surface area (Å²) >= 11 is 1.17. The molecule has 0 spiro atoms. The molecule has 0 aliphatic rings. The molecule has 2 N–H and O–H groups in total. The molecule has 72 valence electrons. The number of hydrogen-bond donors (Lipinski definition) is 2. The first-order valence-electron chi connectivity index (χ1n) is 4.06. The van der Waals surface area contributed by atoms with Crippen molar-refractivity contribution in [3.8, 4) is 5.06 Å². The first-order chi connectivity index (χ1) is 6.76. The molecule has 0 unspecified atom stereocenters. The summed E-state index contributed by atoms with van der Waals surface area (Å²) < 4.78 is 0.849. The van der Waals surface area contributed by atoms with Crippen LogP contribution in [0.2, 0.25) is 0 Å². The predicted molar refractivity (Wildman–Crippen MR) is 54.8 cm³/mol. The lowest BCUT2D eigenvalue weighted by Gasteiger charge is -1.95. The second kappa shape index (κ2) is 3.40. The average Bonchev–Trinajstić information content (AvgIpc) is 2.52. The molecule has 1 heterocycles. The third kappa shape index (κ3) is 1.29. The molecule has 1 aromatic carbocycles. The van der Waals surface area contributed by atoms with Crippen LogP contribution in [0.25, 0.3) is 10.1 Å². The van der Waals surface area contributed by atoms with Crippen LogP contribution in [0.1, 0.15) is 15.9 Å². The molecule has 0 fully saturated rings. The van der Waals surface area contributed by atoms with E-state index in [-0.39, 0.29) is 11.7 Å². The molecule has 0 aliphatic carbocycles. The maximum absolute atomic E-state index is 10.7. The number of aldehydes is 1. The van der Waals surface area contributed by atoms with Crippen LogP contribution >= 0.6 is 11.3 Å². The lowest BCUT2D eigenvalue weighted by molar-refractivity contribution is 0.112. The zero-order valence-corrected chi connectivity index (χ0v) is 8.04. The second-order valence-electron chi connectivity index (χ2n) is 2.93. The van der Waals surface area contributed by atoms with Gasteiger partial charge in [0.2, 0.25) is 0 Å². The van der Waals surface area contributed by atoms with Crippen LogP contribution < -0.4 is 0 Å². The number of carbonyl (C=O) groups is 1. The molecule has 1 aromatic heterocycles.